The summed E-state index contributed by atoms with van der Waals surface area (Å²) in [6, 6.07) is 9.92. The van der Waals surface area contributed by atoms with Crippen LogP contribution < -0.4 is 15.5 Å². The van der Waals surface area contributed by atoms with Gasteiger partial charge in [0.15, 0.2) is 5.71 Å². The van der Waals surface area contributed by atoms with Crippen molar-refractivity contribution in [3.05, 3.63) is 107 Å². The molecule has 2 aromatic rings. The largest absolute Gasteiger partial charge is 0.394 e. The van der Waals surface area contributed by atoms with Gasteiger partial charge in [-0.2, -0.15) is 21.4 Å². The van der Waals surface area contributed by atoms with Gasteiger partial charge in [-0.05, 0) is 75.1 Å². The van der Waals surface area contributed by atoms with Crippen LogP contribution in [0.4, 0.5) is 11.4 Å². The second-order valence-corrected chi connectivity index (χ2v) is 22.2. The maximum atomic E-state index is 13.3. The fourth-order valence-electron chi connectivity index (χ4n) is 8.68. The van der Waals surface area contributed by atoms with Crippen LogP contribution >= 0.6 is 0 Å². The number of carbonyl (C=O) groups excluding carboxylic acids is 2. The van der Waals surface area contributed by atoms with Gasteiger partial charge in [-0.15, -0.1) is 0 Å². The molecule has 2 heterocycles. The summed E-state index contributed by atoms with van der Waals surface area (Å²) in [5.74, 6) is -2.08. The molecule has 0 saturated carbocycles. The lowest BCUT2D eigenvalue weighted by Gasteiger charge is -2.27. The molecule has 0 bridgehead atoms. The maximum Gasteiger partial charge on any atom is 0.264 e. The number of benzene rings is 2. The van der Waals surface area contributed by atoms with Crippen molar-refractivity contribution in [2.24, 2.45) is 0 Å². The molecule has 0 aromatic heterocycles. The van der Waals surface area contributed by atoms with Crippen LogP contribution in [0.15, 0.2) is 84.6 Å². The van der Waals surface area contributed by atoms with E-state index < -0.39 is 130 Å². The summed E-state index contributed by atoms with van der Waals surface area (Å²) in [5, 5.41) is 103. The Kier molecular flexibility index (Phi) is 21.8. The number of unbranched alkanes of at least 4 members (excludes halogenated alkanes) is 2. The second kappa shape index (κ2) is 26.1. The van der Waals surface area contributed by atoms with Crippen LogP contribution in [0.25, 0.3) is 0 Å². The van der Waals surface area contributed by atoms with E-state index in [-0.39, 0.29) is 24.0 Å². The fourth-order valence-corrected chi connectivity index (χ4v) is 9.81. The first kappa shape index (κ1) is 60.8. The fraction of sp³-hybridized carbons (Fsp3) is 0.531. The first-order chi connectivity index (χ1) is 34.1. The number of allylic oxidation sites excluding steroid dienone is 8. The Morgan fingerprint density at radius 3 is 1.60 bits per heavy atom. The van der Waals surface area contributed by atoms with Crippen LogP contribution in [0.1, 0.15) is 85.2 Å². The molecule has 0 fully saturated rings. The number of anilines is 1. The van der Waals surface area contributed by atoms with Gasteiger partial charge >= 0.3 is 0 Å². The van der Waals surface area contributed by atoms with Crippen LogP contribution in [-0.4, -0.2) is 199 Å². The van der Waals surface area contributed by atoms with Crippen molar-refractivity contribution in [1.82, 2.24) is 10.6 Å². The molecule has 14 N–H and O–H groups in total. The predicted molar refractivity (Wildman–Crippen MR) is 270 cm³/mol. The van der Waals surface area contributed by atoms with Gasteiger partial charge in [0.2, 0.25) is 5.69 Å². The van der Waals surface area contributed by atoms with Crippen molar-refractivity contribution in [2.45, 2.75) is 113 Å². The number of nitrogens with zero attached hydrogens (tertiary/aromatic N) is 2. The Labute approximate surface area is 425 Å². The van der Waals surface area contributed by atoms with E-state index in [0.717, 1.165) is 33.9 Å². The van der Waals surface area contributed by atoms with Gasteiger partial charge in [0.25, 0.3) is 32.1 Å². The summed E-state index contributed by atoms with van der Waals surface area (Å²) >= 11 is 0. The normalized spacial score (nSPS) is 19.5. The van der Waals surface area contributed by atoms with Gasteiger partial charge in [0.05, 0.1) is 42.3 Å². The highest BCUT2D eigenvalue weighted by molar-refractivity contribution is 7.86. The lowest BCUT2D eigenvalue weighted by Crippen LogP contribution is -2.49. The Hall–Kier alpha value is -4.77. The number of aliphatic hydroxyl groups excluding tert-OH is 10. The minimum absolute atomic E-state index is 0.172. The van der Waals surface area contributed by atoms with Crippen molar-refractivity contribution >= 4 is 49.1 Å². The monoisotopic (exact) mass is 1070 g/mol. The highest BCUT2D eigenvalue weighted by Crippen LogP contribution is 2.48. The summed E-state index contributed by atoms with van der Waals surface area (Å²) in [5.41, 5.74) is 3.55. The lowest BCUT2D eigenvalue weighted by molar-refractivity contribution is -0.438. The Morgan fingerprint density at radius 1 is 0.616 bits per heavy atom. The van der Waals surface area contributed by atoms with E-state index in [0.29, 0.717) is 25.9 Å². The zero-order chi connectivity index (χ0) is 54.6. The van der Waals surface area contributed by atoms with Crippen LogP contribution in [-0.2, 0) is 31.1 Å². The van der Waals surface area contributed by atoms with Crippen molar-refractivity contribution in [3.63, 3.8) is 0 Å². The van der Waals surface area contributed by atoms with E-state index in [1.807, 2.05) is 49.3 Å². The number of hydrogen-bond acceptors (Lipinski definition) is 17. The molecule has 22 nitrogen and oxygen atoms in total. The third kappa shape index (κ3) is 16.1. The van der Waals surface area contributed by atoms with Gasteiger partial charge in [0, 0.05) is 71.7 Å². The smallest absolute Gasteiger partial charge is 0.264 e. The molecule has 8 atom stereocenters. The average molecular weight is 1070 g/mol. The van der Waals surface area contributed by atoms with Crippen LogP contribution in [0.5, 0.6) is 0 Å². The number of carbonyl (C=O) groups is 2. The molecule has 2 amide bonds. The summed E-state index contributed by atoms with van der Waals surface area (Å²) in [6.07, 6.45) is -0.458. The Balaban J connectivity index is 1.57. The summed E-state index contributed by atoms with van der Waals surface area (Å²) in [7, 11) is -8.38. The molecular formula is C49H71N4O18S2+. The molecule has 73 heavy (non-hydrogen) atoms. The second-order valence-electron chi connectivity index (χ2n) is 19.1. The van der Waals surface area contributed by atoms with Crippen molar-refractivity contribution in [1.29, 1.82) is 0 Å². The molecular weight excluding hydrogens is 997 g/mol. The average Bonchev–Trinajstić information content (AvgIpc) is 3.68. The number of rotatable bonds is 28. The number of amides is 2. The zero-order valence-electron chi connectivity index (χ0n) is 41.1. The van der Waals surface area contributed by atoms with E-state index in [1.54, 1.807) is 66.8 Å². The van der Waals surface area contributed by atoms with E-state index in [2.05, 4.69) is 10.6 Å². The number of fused-ring (bicyclic) bond motifs is 2. The van der Waals surface area contributed by atoms with Gasteiger partial charge in [-0.3, -0.25) is 18.7 Å². The van der Waals surface area contributed by atoms with Crippen LogP contribution in [0, 0.1) is 0 Å². The maximum absolute atomic E-state index is 13.3. The Morgan fingerprint density at radius 2 is 1.08 bits per heavy atom. The van der Waals surface area contributed by atoms with Crippen LogP contribution in [0.2, 0.25) is 0 Å². The standard InChI is InChI=1S/C49H70N4O18S2/c1-48(2)32-24-30(46(64)50-26-36(56)42(60)44(62)38(58)28-54)16-18-34(32)52(20-10-12-22-72(66,67)68)40(48)14-8-6-5-7-9-15-41-49(3,4)33-25-31(17-19-35(33)53(41)21-11-13-23-73(69,70)71)47(65)51-27-37(57)43(61)45(63)39(59)29-55/h5-9,14-19,24-25,36-39,42-45,54-63H,10-13,20-23,26-29H2,1-4H3,(H3-,50,51,64,65,66,67,68,69,70,71)/p+1. The minimum atomic E-state index is -4.19. The molecule has 2 aromatic carbocycles. The molecule has 0 radical (unpaired) electrons. The van der Waals surface area contributed by atoms with Gasteiger partial charge < -0.3 is 66.6 Å². The van der Waals surface area contributed by atoms with E-state index in [9.17, 15) is 76.4 Å². The predicted octanol–water partition coefficient (Wildman–Crippen LogP) is -0.919. The molecule has 0 spiro atoms. The van der Waals surface area contributed by atoms with E-state index in [4.69, 9.17) is 10.2 Å². The third-order valence-corrected chi connectivity index (χ3v) is 14.5. The van der Waals surface area contributed by atoms with Gasteiger partial charge in [-0.25, -0.2) is 0 Å². The van der Waals surface area contributed by atoms with Crippen LogP contribution in [0.3, 0.4) is 0 Å². The van der Waals surface area contributed by atoms with Crippen molar-refractivity contribution < 1.29 is 91.2 Å². The van der Waals surface area contributed by atoms with E-state index >= 15 is 0 Å². The number of hydrogen-bond donors (Lipinski definition) is 14. The summed E-state index contributed by atoms with van der Waals surface area (Å²) in [4.78, 5) is 28.5. The zero-order valence-corrected chi connectivity index (χ0v) is 42.8. The summed E-state index contributed by atoms with van der Waals surface area (Å²) < 4.78 is 66.5. The topological polar surface area (TPSA) is 375 Å². The molecule has 0 aliphatic carbocycles. The SMILES string of the molecule is CC1(C)C(/C=C/C=C/C=C/C=C2\N(CCCCS(=O)(=O)O)c3ccc(C(=O)NCC(O)C(O)C(O)C(O)CO)cc3C2(C)C)=[N+](CCCCS(=O)(=O)O)c2ccc(C(=O)NCC(O)C(O)C(O)C(O)CO)cc21. The highest BCUT2D eigenvalue weighted by Gasteiger charge is 2.45. The Bertz CT molecular complexity index is 2630. The number of aliphatic hydroxyl groups is 10. The molecule has 2 aliphatic rings. The molecule has 24 heteroatoms. The molecule has 0 saturated heterocycles. The van der Waals surface area contributed by atoms with Gasteiger partial charge in [0.1, 0.15) is 43.2 Å². The minimum Gasteiger partial charge on any atom is -0.394 e. The molecule has 406 valence electrons. The van der Waals surface area contributed by atoms with Gasteiger partial charge in [-0.1, -0.05) is 44.2 Å². The summed E-state index contributed by atoms with van der Waals surface area (Å²) in [6.45, 7) is 5.77. The molecule has 2 aliphatic heterocycles. The van der Waals surface area contributed by atoms with Crippen molar-refractivity contribution in [3.8, 4) is 0 Å². The first-order valence-electron chi connectivity index (χ1n) is 23.6. The first-order valence-corrected chi connectivity index (χ1v) is 26.9. The van der Waals surface area contributed by atoms with E-state index in [1.165, 1.54) is 0 Å². The van der Waals surface area contributed by atoms with Crippen molar-refractivity contribution in [2.75, 3.05) is 55.8 Å². The number of nitrogens with one attached hydrogen (secondary N) is 2. The lowest BCUT2D eigenvalue weighted by atomic mass is 9.80. The molecule has 4 rings (SSSR count). The quantitative estimate of drug-likeness (QED) is 0.0212. The highest BCUT2D eigenvalue weighted by atomic mass is 32.2. The molecule has 8 unspecified atom stereocenters. The third-order valence-electron chi connectivity index (χ3n) is 12.9.